The molecule has 3 N–H and O–H groups in total. The molecule has 1 atom stereocenters. The first kappa shape index (κ1) is 23.4. The zero-order chi connectivity index (χ0) is 24.5. The average molecular weight is 465 g/mol. The van der Waals surface area contributed by atoms with Gasteiger partial charge in [-0.3, -0.25) is 14.8 Å². The van der Waals surface area contributed by atoms with Crippen molar-refractivity contribution in [2.24, 2.45) is 16.1 Å². The second kappa shape index (κ2) is 9.21. The van der Waals surface area contributed by atoms with Crippen LogP contribution in [-0.4, -0.2) is 30.3 Å². The molecule has 34 heavy (non-hydrogen) atoms. The van der Waals surface area contributed by atoms with Crippen LogP contribution in [0.1, 0.15) is 37.4 Å². The van der Waals surface area contributed by atoms with Gasteiger partial charge in [-0.05, 0) is 60.9 Å². The number of methoxy groups -OCH3 is 1. The highest BCUT2D eigenvalue weighted by atomic mass is 19.2. The summed E-state index contributed by atoms with van der Waals surface area (Å²) >= 11 is 0. The molecule has 6 nitrogen and oxygen atoms in total. The Balaban J connectivity index is 1.85. The second-order valence-electron chi connectivity index (χ2n) is 8.93. The predicted molar refractivity (Wildman–Crippen MR) is 128 cm³/mol. The first-order valence-corrected chi connectivity index (χ1v) is 10.9. The number of halogens is 2. The van der Waals surface area contributed by atoms with Crippen LogP contribution in [0, 0.1) is 17.0 Å². The topological polar surface area (TPSA) is 89.6 Å². The molecule has 2 aromatic carbocycles. The van der Waals surface area contributed by atoms with E-state index in [9.17, 15) is 13.6 Å². The first-order valence-electron chi connectivity index (χ1n) is 10.9. The molecule has 2 heterocycles. The predicted octanol–water partition coefficient (Wildman–Crippen LogP) is 4.89. The highest BCUT2D eigenvalue weighted by molar-refractivity contribution is 6.09. The zero-order valence-electron chi connectivity index (χ0n) is 19.2. The summed E-state index contributed by atoms with van der Waals surface area (Å²) < 4.78 is 33.1. The number of anilines is 1. The SMILES string of the molecule is COc1cc(-c2ccc(F)c(F)c2)cc2c1NC(c1cccnc1)CC2=NCC(C)(C)C(N)=O. The molecule has 0 spiro atoms. The van der Waals surface area contributed by atoms with Gasteiger partial charge in [0.1, 0.15) is 5.75 Å². The lowest BCUT2D eigenvalue weighted by Crippen LogP contribution is -2.35. The van der Waals surface area contributed by atoms with Crippen molar-refractivity contribution in [3.8, 4) is 16.9 Å². The van der Waals surface area contributed by atoms with Crippen LogP contribution in [0.25, 0.3) is 11.1 Å². The van der Waals surface area contributed by atoms with Crippen LogP contribution in [0.15, 0.2) is 59.9 Å². The Labute approximate surface area is 196 Å². The Morgan fingerprint density at radius 2 is 2.00 bits per heavy atom. The minimum atomic E-state index is -0.930. The van der Waals surface area contributed by atoms with E-state index in [2.05, 4.69) is 10.3 Å². The number of primary amides is 1. The smallest absolute Gasteiger partial charge is 0.224 e. The maximum atomic E-state index is 13.9. The lowest BCUT2D eigenvalue weighted by Gasteiger charge is -2.31. The van der Waals surface area contributed by atoms with Gasteiger partial charge in [0.05, 0.1) is 30.8 Å². The van der Waals surface area contributed by atoms with Gasteiger partial charge in [-0.2, -0.15) is 0 Å². The van der Waals surface area contributed by atoms with Gasteiger partial charge in [0.2, 0.25) is 5.91 Å². The number of nitrogens with zero attached hydrogens (tertiary/aromatic N) is 2. The molecule has 0 fully saturated rings. The fourth-order valence-corrected chi connectivity index (χ4v) is 3.83. The van der Waals surface area contributed by atoms with E-state index < -0.39 is 23.0 Å². The van der Waals surface area contributed by atoms with Crippen molar-refractivity contribution in [2.45, 2.75) is 26.3 Å². The molecule has 1 amide bonds. The quantitative estimate of drug-likeness (QED) is 0.543. The molecular formula is C26H26F2N4O2. The number of amides is 1. The summed E-state index contributed by atoms with van der Waals surface area (Å²) in [6.45, 7) is 3.70. The molecule has 0 saturated carbocycles. The van der Waals surface area contributed by atoms with Crippen molar-refractivity contribution in [3.05, 3.63) is 77.6 Å². The number of hydrogen-bond acceptors (Lipinski definition) is 5. The Bertz CT molecular complexity index is 1260. The van der Waals surface area contributed by atoms with Gasteiger partial charge in [0.15, 0.2) is 11.6 Å². The monoisotopic (exact) mass is 464 g/mol. The number of carbonyl (C=O) groups excluding carboxylic acids is 1. The molecular weight excluding hydrogens is 438 g/mol. The van der Waals surface area contributed by atoms with Crippen LogP contribution in [0.3, 0.4) is 0 Å². The average Bonchev–Trinajstić information content (AvgIpc) is 2.83. The van der Waals surface area contributed by atoms with Gasteiger partial charge in [-0.15, -0.1) is 0 Å². The third kappa shape index (κ3) is 4.62. The zero-order valence-corrected chi connectivity index (χ0v) is 19.2. The number of aromatic nitrogens is 1. The molecule has 0 saturated heterocycles. The van der Waals surface area contributed by atoms with E-state index in [-0.39, 0.29) is 12.6 Å². The van der Waals surface area contributed by atoms with Crippen molar-refractivity contribution in [3.63, 3.8) is 0 Å². The number of carbonyl (C=O) groups is 1. The van der Waals surface area contributed by atoms with E-state index in [0.29, 0.717) is 23.3 Å². The lowest BCUT2D eigenvalue weighted by atomic mass is 9.88. The minimum Gasteiger partial charge on any atom is -0.495 e. The second-order valence-corrected chi connectivity index (χ2v) is 8.93. The normalized spacial score (nSPS) is 16.6. The van der Waals surface area contributed by atoms with Crippen molar-refractivity contribution >= 4 is 17.3 Å². The standard InChI is InChI=1S/C26H26F2N4O2/c1-26(2,25(29)33)14-31-22-12-21(16-5-4-8-30-13-16)32-24-18(22)9-17(11-23(24)34-3)15-6-7-19(27)20(28)10-15/h4-11,13,21,32H,12,14H2,1-3H3,(H2,29,33). The van der Waals surface area contributed by atoms with Crippen LogP contribution >= 0.6 is 0 Å². The van der Waals surface area contributed by atoms with E-state index in [1.807, 2.05) is 18.2 Å². The third-order valence-electron chi connectivity index (χ3n) is 6.02. The van der Waals surface area contributed by atoms with Crippen molar-refractivity contribution in [2.75, 3.05) is 19.0 Å². The number of rotatable bonds is 6. The van der Waals surface area contributed by atoms with E-state index in [0.717, 1.165) is 34.7 Å². The molecule has 8 heteroatoms. The summed E-state index contributed by atoms with van der Waals surface area (Å²) in [5, 5.41) is 3.51. The van der Waals surface area contributed by atoms with E-state index in [1.165, 1.54) is 6.07 Å². The summed E-state index contributed by atoms with van der Waals surface area (Å²) in [4.78, 5) is 20.9. The Morgan fingerprint density at radius 3 is 2.65 bits per heavy atom. The van der Waals surface area contributed by atoms with Crippen molar-refractivity contribution in [1.29, 1.82) is 0 Å². The maximum absolute atomic E-state index is 13.9. The molecule has 1 aliphatic heterocycles. The molecule has 176 valence electrons. The van der Waals surface area contributed by atoms with E-state index in [4.69, 9.17) is 15.5 Å². The number of pyridine rings is 1. The largest absolute Gasteiger partial charge is 0.495 e. The minimum absolute atomic E-state index is 0.125. The molecule has 4 rings (SSSR count). The number of nitrogens with two attached hydrogens (primary N) is 1. The van der Waals surface area contributed by atoms with Gasteiger partial charge in [0.25, 0.3) is 0 Å². The Morgan fingerprint density at radius 1 is 1.21 bits per heavy atom. The Kier molecular flexibility index (Phi) is 6.32. The van der Waals surface area contributed by atoms with Crippen LogP contribution in [-0.2, 0) is 4.79 Å². The molecule has 0 radical (unpaired) electrons. The number of ether oxygens (including phenoxy) is 1. The number of aliphatic imine (C=N–C) groups is 1. The van der Waals surface area contributed by atoms with Crippen LogP contribution in [0.5, 0.6) is 5.75 Å². The number of hydrogen-bond donors (Lipinski definition) is 2. The number of nitrogens with one attached hydrogen (secondary N) is 1. The number of fused-ring (bicyclic) bond motifs is 1. The summed E-state index contributed by atoms with van der Waals surface area (Å²) in [7, 11) is 1.55. The van der Waals surface area contributed by atoms with Crippen LogP contribution in [0.4, 0.5) is 14.5 Å². The molecule has 1 unspecified atom stereocenters. The van der Waals surface area contributed by atoms with Crippen molar-refractivity contribution in [1.82, 2.24) is 4.98 Å². The van der Waals surface area contributed by atoms with Gasteiger partial charge < -0.3 is 15.8 Å². The molecule has 1 aromatic heterocycles. The molecule has 0 bridgehead atoms. The Hall–Kier alpha value is -3.81. The fourth-order valence-electron chi connectivity index (χ4n) is 3.83. The molecule has 3 aromatic rings. The van der Waals surface area contributed by atoms with Crippen molar-refractivity contribution < 1.29 is 18.3 Å². The van der Waals surface area contributed by atoms with Gasteiger partial charge in [-0.1, -0.05) is 12.1 Å². The number of benzene rings is 2. The molecule has 0 aliphatic carbocycles. The van der Waals surface area contributed by atoms with Crippen LogP contribution in [0.2, 0.25) is 0 Å². The summed E-state index contributed by atoms with van der Waals surface area (Å²) in [5.41, 5.74) is 9.10. The first-order chi connectivity index (χ1) is 16.2. The summed E-state index contributed by atoms with van der Waals surface area (Å²) in [6.07, 6.45) is 4.02. The fraction of sp³-hybridized carbons (Fsp3) is 0.269. The van der Waals surface area contributed by atoms with E-state index in [1.54, 1.807) is 39.4 Å². The van der Waals surface area contributed by atoms with E-state index >= 15 is 0 Å². The van der Waals surface area contributed by atoms with Gasteiger partial charge >= 0.3 is 0 Å². The molecule has 1 aliphatic rings. The maximum Gasteiger partial charge on any atom is 0.224 e. The summed E-state index contributed by atoms with van der Waals surface area (Å²) in [6, 6.07) is 11.1. The van der Waals surface area contributed by atoms with Crippen LogP contribution < -0.4 is 15.8 Å². The highest BCUT2D eigenvalue weighted by Crippen LogP contribution is 2.42. The van der Waals surface area contributed by atoms with Gasteiger partial charge in [-0.25, -0.2) is 8.78 Å². The lowest BCUT2D eigenvalue weighted by molar-refractivity contribution is -0.125. The third-order valence-corrected chi connectivity index (χ3v) is 6.02. The highest BCUT2D eigenvalue weighted by Gasteiger charge is 2.30. The van der Waals surface area contributed by atoms with Gasteiger partial charge in [0, 0.05) is 30.1 Å². The summed E-state index contributed by atoms with van der Waals surface area (Å²) in [5.74, 6) is -1.75.